The molecule has 2 aromatic rings. The second-order valence-electron chi connectivity index (χ2n) is 6.02. The maximum Gasteiger partial charge on any atom is 0.228 e. The van der Waals surface area contributed by atoms with Crippen LogP contribution in [0.25, 0.3) is 0 Å². The molecule has 5 heteroatoms. The lowest BCUT2D eigenvalue weighted by atomic mass is 10.1. The average molecular weight is 326 g/mol. The van der Waals surface area contributed by atoms with Gasteiger partial charge in [-0.15, -0.1) is 0 Å². The second-order valence-corrected chi connectivity index (χ2v) is 6.02. The van der Waals surface area contributed by atoms with Gasteiger partial charge >= 0.3 is 0 Å². The van der Waals surface area contributed by atoms with Gasteiger partial charge in [0.05, 0.1) is 12.1 Å². The van der Waals surface area contributed by atoms with Crippen LogP contribution in [-0.4, -0.2) is 18.4 Å². The van der Waals surface area contributed by atoms with E-state index in [9.17, 15) is 14.0 Å². The smallest absolute Gasteiger partial charge is 0.228 e. The topological polar surface area (TPSA) is 49.4 Å². The first-order valence-electron chi connectivity index (χ1n) is 7.98. The molecule has 0 aliphatic carbocycles. The van der Waals surface area contributed by atoms with Gasteiger partial charge in [-0.2, -0.15) is 0 Å². The first kappa shape index (κ1) is 16.2. The van der Waals surface area contributed by atoms with Crippen LogP contribution in [0.15, 0.2) is 42.5 Å². The minimum atomic E-state index is -0.439. The molecule has 2 amide bonds. The third kappa shape index (κ3) is 3.62. The molecule has 0 radical (unpaired) electrons. The summed E-state index contributed by atoms with van der Waals surface area (Å²) < 4.78 is 13.8. The molecule has 124 valence electrons. The second kappa shape index (κ2) is 6.83. The van der Waals surface area contributed by atoms with Gasteiger partial charge in [-0.1, -0.05) is 18.2 Å². The molecule has 0 saturated carbocycles. The number of rotatable bonds is 4. The Morgan fingerprint density at radius 2 is 1.96 bits per heavy atom. The van der Waals surface area contributed by atoms with Crippen molar-refractivity contribution in [3.05, 3.63) is 59.4 Å². The van der Waals surface area contributed by atoms with Crippen LogP contribution >= 0.6 is 0 Å². The summed E-state index contributed by atoms with van der Waals surface area (Å²) in [5, 5.41) is 2.58. The van der Waals surface area contributed by atoms with Crippen molar-refractivity contribution in [2.75, 3.05) is 16.8 Å². The molecule has 0 atom stereocenters. The van der Waals surface area contributed by atoms with E-state index >= 15 is 0 Å². The summed E-state index contributed by atoms with van der Waals surface area (Å²) in [7, 11) is 0. The van der Waals surface area contributed by atoms with Crippen LogP contribution in [0.1, 0.15) is 24.0 Å². The Balaban J connectivity index is 1.63. The summed E-state index contributed by atoms with van der Waals surface area (Å²) in [5.41, 5.74) is 2.66. The number of carbonyl (C=O) groups excluding carboxylic acids is 2. The van der Waals surface area contributed by atoms with Gasteiger partial charge < -0.3 is 10.2 Å². The summed E-state index contributed by atoms with van der Waals surface area (Å²) in [4.78, 5) is 25.5. The van der Waals surface area contributed by atoms with E-state index < -0.39 is 5.82 Å². The monoisotopic (exact) mass is 326 g/mol. The Morgan fingerprint density at radius 1 is 1.21 bits per heavy atom. The minimum absolute atomic E-state index is 0.135. The minimum Gasteiger partial charge on any atom is -0.323 e. The van der Waals surface area contributed by atoms with Gasteiger partial charge in [-0.3, -0.25) is 9.59 Å². The summed E-state index contributed by atoms with van der Waals surface area (Å²) in [6.45, 7) is 2.53. The van der Waals surface area contributed by atoms with Crippen molar-refractivity contribution < 1.29 is 14.0 Å². The van der Waals surface area contributed by atoms with E-state index in [4.69, 9.17) is 0 Å². The van der Waals surface area contributed by atoms with Crippen LogP contribution < -0.4 is 10.2 Å². The zero-order chi connectivity index (χ0) is 17.1. The first-order chi connectivity index (χ1) is 11.5. The Morgan fingerprint density at radius 3 is 2.58 bits per heavy atom. The lowest BCUT2D eigenvalue weighted by molar-refractivity contribution is -0.117. The summed E-state index contributed by atoms with van der Waals surface area (Å²) in [6, 6.07) is 12.0. The number of benzene rings is 2. The molecular weight excluding hydrogens is 307 g/mol. The highest BCUT2D eigenvalue weighted by Crippen LogP contribution is 2.22. The fourth-order valence-corrected chi connectivity index (χ4v) is 2.82. The Labute approximate surface area is 140 Å². The molecule has 2 aromatic carbocycles. The molecule has 1 heterocycles. The van der Waals surface area contributed by atoms with E-state index in [-0.39, 0.29) is 23.9 Å². The molecule has 0 unspecified atom stereocenters. The quantitative estimate of drug-likeness (QED) is 0.935. The van der Waals surface area contributed by atoms with Crippen molar-refractivity contribution in [2.24, 2.45) is 0 Å². The predicted molar refractivity (Wildman–Crippen MR) is 91.5 cm³/mol. The predicted octanol–water partition coefficient (Wildman–Crippen LogP) is 3.44. The van der Waals surface area contributed by atoms with Gasteiger partial charge in [0.15, 0.2) is 0 Å². The molecular formula is C19H19FN2O2. The van der Waals surface area contributed by atoms with Crippen molar-refractivity contribution in [1.29, 1.82) is 0 Å². The highest BCUT2D eigenvalue weighted by molar-refractivity contribution is 5.95. The SMILES string of the molecule is Cc1ccc(NC(=O)Cc2ccc(N3CCCC3=O)cc2)c(F)c1. The molecule has 1 aliphatic rings. The van der Waals surface area contributed by atoms with Crippen LogP contribution in [0.3, 0.4) is 0 Å². The number of amides is 2. The highest BCUT2D eigenvalue weighted by atomic mass is 19.1. The van der Waals surface area contributed by atoms with E-state index in [0.717, 1.165) is 29.8 Å². The first-order valence-corrected chi connectivity index (χ1v) is 7.98. The van der Waals surface area contributed by atoms with Crippen LogP contribution in [0.2, 0.25) is 0 Å². The van der Waals surface area contributed by atoms with E-state index in [0.29, 0.717) is 6.42 Å². The normalized spacial score (nSPS) is 14.1. The van der Waals surface area contributed by atoms with Crippen molar-refractivity contribution in [1.82, 2.24) is 0 Å². The van der Waals surface area contributed by atoms with Crippen molar-refractivity contribution >= 4 is 23.2 Å². The van der Waals surface area contributed by atoms with Crippen molar-refractivity contribution in [2.45, 2.75) is 26.2 Å². The number of anilines is 2. The Bertz CT molecular complexity index is 771. The van der Waals surface area contributed by atoms with Gasteiger partial charge in [0.2, 0.25) is 11.8 Å². The molecule has 0 aromatic heterocycles. The summed E-state index contributed by atoms with van der Waals surface area (Å²) in [5.74, 6) is -0.579. The standard InChI is InChI=1S/C19H19FN2O2/c1-13-4-9-17(16(20)11-13)21-18(23)12-14-5-7-15(8-6-14)22-10-2-3-19(22)24/h4-9,11H,2-3,10,12H2,1H3,(H,21,23). The molecule has 3 rings (SSSR count). The molecule has 1 N–H and O–H groups in total. The number of carbonyl (C=O) groups is 2. The zero-order valence-corrected chi connectivity index (χ0v) is 13.5. The number of aryl methyl sites for hydroxylation is 1. The van der Waals surface area contributed by atoms with E-state index in [1.807, 2.05) is 24.3 Å². The average Bonchev–Trinajstić information content (AvgIpc) is 2.97. The molecule has 1 fully saturated rings. The molecule has 0 bridgehead atoms. The Hall–Kier alpha value is -2.69. The Kier molecular flexibility index (Phi) is 4.60. The number of hydrogen-bond donors (Lipinski definition) is 1. The summed E-state index contributed by atoms with van der Waals surface area (Å²) in [6.07, 6.45) is 1.62. The third-order valence-corrected chi connectivity index (χ3v) is 4.08. The zero-order valence-electron chi connectivity index (χ0n) is 13.5. The highest BCUT2D eigenvalue weighted by Gasteiger charge is 2.21. The molecule has 0 spiro atoms. The largest absolute Gasteiger partial charge is 0.323 e. The third-order valence-electron chi connectivity index (χ3n) is 4.08. The number of halogens is 1. The van der Waals surface area contributed by atoms with E-state index in [1.54, 1.807) is 24.0 Å². The fraction of sp³-hybridized carbons (Fsp3) is 0.263. The van der Waals surface area contributed by atoms with Crippen LogP contribution in [0.5, 0.6) is 0 Å². The molecule has 24 heavy (non-hydrogen) atoms. The van der Waals surface area contributed by atoms with Crippen LogP contribution in [0.4, 0.5) is 15.8 Å². The van der Waals surface area contributed by atoms with Gasteiger partial charge in [0.25, 0.3) is 0 Å². The lowest BCUT2D eigenvalue weighted by Gasteiger charge is -2.16. The van der Waals surface area contributed by atoms with E-state index in [1.165, 1.54) is 6.07 Å². The molecule has 1 saturated heterocycles. The van der Waals surface area contributed by atoms with Gasteiger partial charge in [0.1, 0.15) is 5.82 Å². The number of nitrogens with zero attached hydrogens (tertiary/aromatic N) is 1. The van der Waals surface area contributed by atoms with Gasteiger partial charge in [0, 0.05) is 18.7 Å². The van der Waals surface area contributed by atoms with Crippen molar-refractivity contribution in [3.8, 4) is 0 Å². The maximum atomic E-state index is 13.8. The van der Waals surface area contributed by atoms with Crippen molar-refractivity contribution in [3.63, 3.8) is 0 Å². The van der Waals surface area contributed by atoms with Crippen LogP contribution in [-0.2, 0) is 16.0 Å². The molecule has 4 nitrogen and oxygen atoms in total. The maximum absolute atomic E-state index is 13.8. The van der Waals surface area contributed by atoms with Crippen LogP contribution in [0, 0.1) is 12.7 Å². The van der Waals surface area contributed by atoms with E-state index in [2.05, 4.69) is 5.32 Å². The van der Waals surface area contributed by atoms with Gasteiger partial charge in [-0.25, -0.2) is 4.39 Å². The van der Waals surface area contributed by atoms with Gasteiger partial charge in [-0.05, 0) is 48.7 Å². The lowest BCUT2D eigenvalue weighted by Crippen LogP contribution is -2.23. The number of nitrogens with one attached hydrogen (secondary N) is 1. The number of hydrogen-bond acceptors (Lipinski definition) is 2. The summed E-state index contributed by atoms with van der Waals surface area (Å²) >= 11 is 0. The fourth-order valence-electron chi connectivity index (χ4n) is 2.82. The molecule has 1 aliphatic heterocycles.